The topological polar surface area (TPSA) is 32.3 Å². The molecule has 0 fully saturated rings. The van der Waals surface area contributed by atoms with Crippen LogP contribution in [0.15, 0.2) is 42.5 Å². The van der Waals surface area contributed by atoms with Crippen LogP contribution >= 0.6 is 0 Å². The third kappa shape index (κ3) is 2.90. The largest absolute Gasteiger partial charge is 0.508 e. The van der Waals surface area contributed by atoms with Gasteiger partial charge in [-0.2, -0.15) is 0 Å². The van der Waals surface area contributed by atoms with Gasteiger partial charge in [-0.05, 0) is 55.4 Å². The van der Waals surface area contributed by atoms with E-state index in [9.17, 15) is 5.11 Å². The first-order valence-electron chi connectivity index (χ1n) is 7.94. The Balaban J connectivity index is 1.90. The number of phenolic OH excluding ortho intramolecular Hbond substituents is 1. The van der Waals surface area contributed by atoms with E-state index >= 15 is 0 Å². The monoisotopic (exact) mass is 281 g/mol. The molecule has 0 saturated carbocycles. The van der Waals surface area contributed by atoms with Gasteiger partial charge in [-0.25, -0.2) is 0 Å². The molecule has 1 aliphatic rings. The van der Waals surface area contributed by atoms with Crippen LogP contribution in [-0.2, 0) is 12.8 Å². The minimum absolute atomic E-state index is 0.152. The maximum absolute atomic E-state index is 10.1. The predicted octanol–water partition coefficient (Wildman–Crippen LogP) is 4.83. The highest BCUT2D eigenvalue weighted by atomic mass is 16.3. The number of fused-ring (bicyclic) bond motifs is 1. The number of phenols is 1. The maximum Gasteiger partial charge on any atom is 0.120 e. The molecule has 2 nitrogen and oxygen atoms in total. The molecule has 1 unspecified atom stereocenters. The van der Waals surface area contributed by atoms with Crippen molar-refractivity contribution in [2.24, 2.45) is 0 Å². The van der Waals surface area contributed by atoms with Crippen molar-refractivity contribution in [1.82, 2.24) is 0 Å². The molecular weight excluding hydrogens is 258 g/mol. The summed E-state index contributed by atoms with van der Waals surface area (Å²) in [5, 5.41) is 13.7. The summed E-state index contributed by atoms with van der Waals surface area (Å²) in [5.41, 5.74) is 5.17. The van der Waals surface area contributed by atoms with Gasteiger partial charge in [0.25, 0.3) is 0 Å². The number of anilines is 1. The molecule has 21 heavy (non-hydrogen) atoms. The minimum Gasteiger partial charge on any atom is -0.508 e. The fourth-order valence-electron chi connectivity index (χ4n) is 3.29. The Labute approximate surface area is 126 Å². The second-order valence-electron chi connectivity index (χ2n) is 5.81. The molecule has 0 aromatic heterocycles. The Morgan fingerprint density at radius 2 is 1.86 bits per heavy atom. The second-order valence-corrected chi connectivity index (χ2v) is 5.81. The number of aryl methyl sites for hydroxylation is 1. The predicted molar refractivity (Wildman–Crippen MR) is 87.8 cm³/mol. The number of nitrogens with one attached hydrogen (secondary N) is 1. The van der Waals surface area contributed by atoms with Crippen LogP contribution in [0, 0.1) is 0 Å². The van der Waals surface area contributed by atoms with E-state index in [-0.39, 0.29) is 6.04 Å². The number of aromatic hydroxyl groups is 1. The summed E-state index contributed by atoms with van der Waals surface area (Å²) in [6.07, 6.45) is 5.88. The Morgan fingerprint density at radius 3 is 2.67 bits per heavy atom. The molecule has 0 radical (unpaired) electrons. The van der Waals surface area contributed by atoms with Crippen LogP contribution in [0.3, 0.4) is 0 Å². The minimum atomic E-state index is 0.152. The first-order valence-corrected chi connectivity index (χ1v) is 7.94. The van der Waals surface area contributed by atoms with E-state index < -0.39 is 0 Å². The van der Waals surface area contributed by atoms with E-state index in [2.05, 4.69) is 30.4 Å². The van der Waals surface area contributed by atoms with Crippen LogP contribution in [0.2, 0.25) is 0 Å². The highest BCUT2D eigenvalue weighted by Crippen LogP contribution is 2.33. The Kier molecular flexibility index (Phi) is 4.14. The van der Waals surface area contributed by atoms with Gasteiger partial charge in [0.1, 0.15) is 5.75 Å². The van der Waals surface area contributed by atoms with Crippen LogP contribution < -0.4 is 5.32 Å². The first-order chi connectivity index (χ1) is 10.3. The molecule has 2 aromatic rings. The molecular formula is C19H23NO. The molecule has 2 aromatic carbocycles. The number of para-hydroxylation sites is 1. The van der Waals surface area contributed by atoms with Gasteiger partial charge in [0.2, 0.25) is 0 Å². The lowest BCUT2D eigenvalue weighted by Gasteiger charge is -2.25. The van der Waals surface area contributed by atoms with Crippen molar-refractivity contribution in [3.8, 4) is 5.75 Å². The molecule has 110 valence electrons. The van der Waals surface area contributed by atoms with Crippen molar-refractivity contribution in [1.29, 1.82) is 0 Å². The van der Waals surface area contributed by atoms with E-state index in [1.807, 2.05) is 18.2 Å². The molecule has 1 aliphatic carbocycles. The summed E-state index contributed by atoms with van der Waals surface area (Å²) in [5.74, 6) is 0.377. The van der Waals surface area contributed by atoms with Gasteiger partial charge < -0.3 is 10.4 Å². The first kappa shape index (κ1) is 14.0. The van der Waals surface area contributed by atoms with E-state index in [1.54, 1.807) is 6.07 Å². The summed E-state index contributed by atoms with van der Waals surface area (Å²) in [7, 11) is 0. The van der Waals surface area contributed by atoms with Crippen molar-refractivity contribution in [3.05, 3.63) is 59.2 Å². The second kappa shape index (κ2) is 6.21. The summed E-state index contributed by atoms with van der Waals surface area (Å²) in [4.78, 5) is 0. The highest BCUT2D eigenvalue weighted by Gasteiger charge is 2.17. The van der Waals surface area contributed by atoms with Gasteiger partial charge in [-0.3, -0.25) is 0 Å². The summed E-state index contributed by atoms with van der Waals surface area (Å²) < 4.78 is 0. The number of benzene rings is 2. The molecule has 0 amide bonds. The van der Waals surface area contributed by atoms with E-state index in [0.29, 0.717) is 5.75 Å². The Bertz CT molecular complexity index is 621. The summed E-state index contributed by atoms with van der Waals surface area (Å²) in [6.45, 7) is 2.15. The lowest BCUT2D eigenvalue weighted by molar-refractivity contribution is 0.462. The molecule has 2 N–H and O–H groups in total. The molecule has 0 saturated heterocycles. The fraction of sp³-hybridized carbons (Fsp3) is 0.368. The average molecular weight is 281 g/mol. The van der Waals surface area contributed by atoms with Gasteiger partial charge in [-0.1, -0.05) is 37.3 Å². The van der Waals surface area contributed by atoms with Gasteiger partial charge in [-0.15, -0.1) is 0 Å². The molecule has 0 spiro atoms. The SMILES string of the molecule is CCC(Nc1cccc2c1CCCC2)c1ccccc1O. The number of rotatable bonds is 4. The molecule has 0 heterocycles. The lowest BCUT2D eigenvalue weighted by atomic mass is 9.90. The van der Waals surface area contributed by atoms with Crippen molar-refractivity contribution in [3.63, 3.8) is 0 Å². The van der Waals surface area contributed by atoms with E-state index in [1.165, 1.54) is 36.1 Å². The van der Waals surface area contributed by atoms with Crippen LogP contribution in [0.1, 0.15) is 48.9 Å². The lowest BCUT2D eigenvalue weighted by Crippen LogP contribution is -2.13. The van der Waals surface area contributed by atoms with Crippen molar-refractivity contribution < 1.29 is 5.11 Å². The van der Waals surface area contributed by atoms with Crippen molar-refractivity contribution in [2.75, 3.05) is 5.32 Å². The molecule has 0 bridgehead atoms. The molecule has 2 heteroatoms. The Morgan fingerprint density at radius 1 is 1.05 bits per heavy atom. The normalized spacial score (nSPS) is 15.3. The van der Waals surface area contributed by atoms with Crippen molar-refractivity contribution in [2.45, 2.75) is 45.1 Å². The smallest absolute Gasteiger partial charge is 0.120 e. The van der Waals surface area contributed by atoms with E-state index in [4.69, 9.17) is 0 Å². The van der Waals surface area contributed by atoms with Crippen molar-refractivity contribution >= 4 is 5.69 Å². The zero-order valence-corrected chi connectivity index (χ0v) is 12.6. The zero-order valence-electron chi connectivity index (χ0n) is 12.6. The number of hydrogen-bond donors (Lipinski definition) is 2. The van der Waals surface area contributed by atoms with Crippen LogP contribution in [0.5, 0.6) is 5.75 Å². The van der Waals surface area contributed by atoms with Gasteiger partial charge in [0.15, 0.2) is 0 Å². The summed E-state index contributed by atoms with van der Waals surface area (Å²) >= 11 is 0. The Hall–Kier alpha value is -1.96. The maximum atomic E-state index is 10.1. The number of hydrogen-bond acceptors (Lipinski definition) is 2. The van der Waals surface area contributed by atoms with Crippen LogP contribution in [-0.4, -0.2) is 5.11 Å². The van der Waals surface area contributed by atoms with Gasteiger partial charge in [0, 0.05) is 11.3 Å². The highest BCUT2D eigenvalue weighted by molar-refractivity contribution is 5.57. The fourth-order valence-corrected chi connectivity index (χ4v) is 3.29. The molecule has 0 aliphatic heterocycles. The average Bonchev–Trinajstić information content (AvgIpc) is 2.53. The third-order valence-corrected chi connectivity index (χ3v) is 4.45. The summed E-state index contributed by atoms with van der Waals surface area (Å²) in [6, 6.07) is 14.3. The van der Waals surface area contributed by atoms with Gasteiger partial charge >= 0.3 is 0 Å². The van der Waals surface area contributed by atoms with Crippen LogP contribution in [0.25, 0.3) is 0 Å². The standard InChI is InChI=1S/C19H23NO/c1-2-17(16-11-5-6-13-19(16)21)20-18-12-7-9-14-8-3-4-10-15(14)18/h5-7,9,11-13,17,20-21H,2-4,8,10H2,1H3. The quantitative estimate of drug-likeness (QED) is 0.841. The molecule has 3 rings (SSSR count). The van der Waals surface area contributed by atoms with Crippen LogP contribution in [0.4, 0.5) is 5.69 Å². The van der Waals surface area contributed by atoms with Gasteiger partial charge in [0.05, 0.1) is 6.04 Å². The zero-order chi connectivity index (χ0) is 14.7. The van der Waals surface area contributed by atoms with E-state index in [0.717, 1.165) is 18.4 Å². The molecule has 1 atom stereocenters. The third-order valence-electron chi connectivity index (χ3n) is 4.45.